The van der Waals surface area contributed by atoms with Gasteiger partial charge in [-0.2, -0.15) is 13.2 Å². The lowest BCUT2D eigenvalue weighted by Gasteiger charge is -2.24. The van der Waals surface area contributed by atoms with Gasteiger partial charge in [0.25, 0.3) is 0 Å². The van der Waals surface area contributed by atoms with Crippen LogP contribution < -0.4 is 5.73 Å². The van der Waals surface area contributed by atoms with Crippen molar-refractivity contribution in [2.45, 2.75) is 32.0 Å². The van der Waals surface area contributed by atoms with Crippen molar-refractivity contribution in [3.8, 4) is 0 Å². The predicted molar refractivity (Wildman–Crippen MR) is 42.3 cm³/mol. The minimum absolute atomic E-state index is 0.0421. The molecule has 1 atom stereocenters. The molecule has 1 unspecified atom stereocenters. The molecule has 3 nitrogen and oxygen atoms in total. The Bertz CT molecular complexity index is 235. The number of carbonyl (C=O) groups excluding carboxylic acids is 1. The van der Waals surface area contributed by atoms with Crippen LogP contribution >= 0.6 is 0 Å². The Morgan fingerprint density at radius 3 is 2.36 bits per heavy atom. The largest absolute Gasteiger partial charge is 0.465 e. The highest BCUT2D eigenvalue weighted by Crippen LogP contribution is 2.59. The van der Waals surface area contributed by atoms with Crippen molar-refractivity contribution in [3.63, 3.8) is 0 Å². The third-order valence-electron chi connectivity index (χ3n) is 2.49. The molecule has 0 aromatic carbocycles. The summed E-state index contributed by atoms with van der Waals surface area (Å²) in [4.78, 5) is 11.0. The molecule has 0 bridgehead atoms. The van der Waals surface area contributed by atoms with Crippen molar-refractivity contribution in [1.29, 1.82) is 0 Å². The van der Waals surface area contributed by atoms with Crippen LogP contribution in [0, 0.1) is 5.41 Å². The van der Waals surface area contributed by atoms with Gasteiger partial charge in [0, 0.05) is 0 Å². The fourth-order valence-electron chi connectivity index (χ4n) is 1.36. The zero-order valence-electron chi connectivity index (χ0n) is 7.73. The lowest BCUT2D eigenvalue weighted by molar-refractivity contribution is -0.199. The molecule has 0 saturated heterocycles. The number of hydrogen-bond donors (Lipinski definition) is 1. The summed E-state index contributed by atoms with van der Waals surface area (Å²) in [7, 11) is 0. The molecule has 1 rings (SSSR count). The number of nitrogens with two attached hydrogens (primary N) is 1. The van der Waals surface area contributed by atoms with E-state index in [1.165, 1.54) is 6.92 Å². The van der Waals surface area contributed by atoms with Crippen LogP contribution in [0.25, 0.3) is 0 Å². The standard InChI is InChI=1S/C8H12F3NO2/c1-2-14-6(13)5(12)7(3-4-7)8(9,10)11/h5H,2-4,12H2,1H3. The highest BCUT2D eigenvalue weighted by Gasteiger charge is 2.68. The molecule has 82 valence electrons. The zero-order valence-corrected chi connectivity index (χ0v) is 7.73. The number of esters is 1. The Balaban J connectivity index is 2.69. The molecule has 0 amide bonds. The summed E-state index contributed by atoms with van der Waals surface area (Å²) in [5.41, 5.74) is 3.21. The van der Waals surface area contributed by atoms with Gasteiger partial charge < -0.3 is 10.5 Å². The van der Waals surface area contributed by atoms with Gasteiger partial charge in [0.05, 0.1) is 12.0 Å². The van der Waals surface area contributed by atoms with Crippen LogP contribution in [0.15, 0.2) is 0 Å². The van der Waals surface area contributed by atoms with Crippen molar-refractivity contribution >= 4 is 5.97 Å². The van der Waals surface area contributed by atoms with Crippen LogP contribution in [0.3, 0.4) is 0 Å². The second kappa shape index (κ2) is 3.42. The van der Waals surface area contributed by atoms with E-state index >= 15 is 0 Å². The fraction of sp³-hybridized carbons (Fsp3) is 0.875. The highest BCUT2D eigenvalue weighted by molar-refractivity contribution is 5.77. The van der Waals surface area contributed by atoms with Crippen LogP contribution in [-0.4, -0.2) is 24.8 Å². The maximum absolute atomic E-state index is 12.5. The van der Waals surface area contributed by atoms with Gasteiger partial charge in [-0.05, 0) is 19.8 Å². The molecule has 1 fully saturated rings. The number of carbonyl (C=O) groups is 1. The van der Waals surface area contributed by atoms with Gasteiger partial charge in [-0.25, -0.2) is 0 Å². The SMILES string of the molecule is CCOC(=O)C(N)C1(C(F)(F)F)CC1. The third kappa shape index (κ3) is 1.70. The Kier molecular flexibility index (Phi) is 2.76. The van der Waals surface area contributed by atoms with Crippen LogP contribution in [0.5, 0.6) is 0 Å². The molecule has 1 saturated carbocycles. The zero-order chi connectivity index (χ0) is 11.0. The Morgan fingerprint density at radius 1 is 1.57 bits per heavy atom. The summed E-state index contributed by atoms with van der Waals surface area (Å²) >= 11 is 0. The van der Waals surface area contributed by atoms with Gasteiger partial charge in [0.2, 0.25) is 0 Å². The van der Waals surface area contributed by atoms with Crippen molar-refractivity contribution in [2.75, 3.05) is 6.61 Å². The first-order valence-corrected chi connectivity index (χ1v) is 4.34. The van der Waals surface area contributed by atoms with E-state index in [4.69, 9.17) is 5.73 Å². The quantitative estimate of drug-likeness (QED) is 0.714. The van der Waals surface area contributed by atoms with Gasteiger partial charge in [-0.3, -0.25) is 4.79 Å². The average molecular weight is 211 g/mol. The van der Waals surface area contributed by atoms with Gasteiger partial charge >= 0.3 is 12.1 Å². The molecule has 0 aromatic heterocycles. The topological polar surface area (TPSA) is 52.3 Å². The monoisotopic (exact) mass is 211 g/mol. The normalized spacial score (nSPS) is 21.5. The summed E-state index contributed by atoms with van der Waals surface area (Å²) in [6, 6.07) is -1.58. The second-order valence-corrected chi connectivity index (χ2v) is 3.38. The van der Waals surface area contributed by atoms with E-state index in [9.17, 15) is 18.0 Å². The number of halogens is 3. The van der Waals surface area contributed by atoms with Crippen molar-refractivity contribution in [2.24, 2.45) is 11.1 Å². The van der Waals surface area contributed by atoms with Crippen LogP contribution in [0.2, 0.25) is 0 Å². The molecule has 2 N–H and O–H groups in total. The molecule has 0 radical (unpaired) electrons. The number of rotatable bonds is 3. The van der Waals surface area contributed by atoms with Gasteiger partial charge in [0.1, 0.15) is 6.04 Å². The third-order valence-corrected chi connectivity index (χ3v) is 2.49. The minimum atomic E-state index is -4.42. The first-order valence-electron chi connectivity index (χ1n) is 4.34. The second-order valence-electron chi connectivity index (χ2n) is 3.38. The number of ether oxygens (including phenoxy) is 1. The van der Waals surface area contributed by atoms with E-state index in [0.29, 0.717) is 0 Å². The van der Waals surface area contributed by atoms with Crippen molar-refractivity contribution in [1.82, 2.24) is 0 Å². The predicted octanol–water partition coefficient (Wildman–Crippen LogP) is 1.22. The van der Waals surface area contributed by atoms with Crippen LogP contribution in [-0.2, 0) is 9.53 Å². The lowest BCUT2D eigenvalue weighted by atomic mass is 9.96. The lowest BCUT2D eigenvalue weighted by Crippen LogP contribution is -2.48. The van der Waals surface area contributed by atoms with Crippen LogP contribution in [0.4, 0.5) is 13.2 Å². The molecule has 0 spiro atoms. The molecule has 1 aliphatic carbocycles. The summed E-state index contributed by atoms with van der Waals surface area (Å²) in [6.45, 7) is 1.57. The molecule has 0 aliphatic heterocycles. The fourth-order valence-corrected chi connectivity index (χ4v) is 1.36. The molecule has 6 heteroatoms. The molecule has 14 heavy (non-hydrogen) atoms. The van der Waals surface area contributed by atoms with E-state index in [-0.39, 0.29) is 19.4 Å². The van der Waals surface area contributed by atoms with E-state index in [1.807, 2.05) is 0 Å². The molecular formula is C8H12F3NO2. The van der Waals surface area contributed by atoms with E-state index in [0.717, 1.165) is 0 Å². The molecular weight excluding hydrogens is 199 g/mol. The van der Waals surface area contributed by atoms with E-state index in [1.54, 1.807) is 0 Å². The van der Waals surface area contributed by atoms with Gasteiger partial charge in [-0.1, -0.05) is 0 Å². The Hall–Kier alpha value is -0.780. The van der Waals surface area contributed by atoms with E-state index < -0.39 is 23.6 Å². The summed E-state index contributed by atoms with van der Waals surface area (Å²) in [5.74, 6) is -0.970. The minimum Gasteiger partial charge on any atom is -0.465 e. The van der Waals surface area contributed by atoms with Gasteiger partial charge in [-0.15, -0.1) is 0 Å². The first-order chi connectivity index (χ1) is 6.35. The van der Waals surface area contributed by atoms with Crippen molar-refractivity contribution in [3.05, 3.63) is 0 Å². The first kappa shape index (κ1) is 11.3. The Morgan fingerprint density at radius 2 is 2.07 bits per heavy atom. The molecule has 1 aliphatic rings. The average Bonchev–Trinajstić information content (AvgIpc) is 2.81. The maximum atomic E-state index is 12.5. The van der Waals surface area contributed by atoms with Gasteiger partial charge in [0.15, 0.2) is 0 Å². The maximum Gasteiger partial charge on any atom is 0.396 e. The summed E-state index contributed by atoms with van der Waals surface area (Å²) < 4.78 is 41.8. The molecule has 0 aromatic rings. The number of hydrogen-bond acceptors (Lipinski definition) is 3. The summed E-state index contributed by atoms with van der Waals surface area (Å²) in [6.07, 6.45) is -4.59. The van der Waals surface area contributed by atoms with Crippen LogP contribution in [0.1, 0.15) is 19.8 Å². The highest BCUT2D eigenvalue weighted by atomic mass is 19.4. The van der Waals surface area contributed by atoms with E-state index in [2.05, 4.69) is 4.74 Å². The summed E-state index contributed by atoms with van der Waals surface area (Å²) in [5, 5.41) is 0. The Labute approximate surface area is 79.4 Å². The smallest absolute Gasteiger partial charge is 0.396 e. The number of alkyl halides is 3. The van der Waals surface area contributed by atoms with Crippen molar-refractivity contribution < 1.29 is 22.7 Å². The molecule has 0 heterocycles.